The number of pyridine rings is 1. The topological polar surface area (TPSA) is 114 Å². The van der Waals surface area contributed by atoms with E-state index in [-0.39, 0.29) is 11.4 Å². The van der Waals surface area contributed by atoms with Crippen LogP contribution < -0.4 is 16.0 Å². The molecule has 1 fully saturated rings. The molecule has 0 radical (unpaired) electrons. The zero-order valence-corrected chi connectivity index (χ0v) is 18.1. The van der Waals surface area contributed by atoms with Crippen molar-refractivity contribution >= 4 is 23.2 Å². The van der Waals surface area contributed by atoms with Crippen LogP contribution in [-0.4, -0.2) is 39.9 Å². The second-order valence-electron chi connectivity index (χ2n) is 7.42. The lowest BCUT2D eigenvalue weighted by atomic mass is 10.1. The summed E-state index contributed by atoms with van der Waals surface area (Å²) in [5, 5.41) is 2.63. The Morgan fingerprint density at radius 1 is 0.941 bits per heavy atom. The highest BCUT2D eigenvalue weighted by Crippen LogP contribution is 2.36. The van der Waals surface area contributed by atoms with Gasteiger partial charge in [0.05, 0.1) is 23.1 Å². The number of rotatable bonds is 4. The second-order valence-corrected chi connectivity index (χ2v) is 7.42. The van der Waals surface area contributed by atoms with Crippen molar-refractivity contribution in [2.75, 3.05) is 23.3 Å². The molecular weight excluding hydrogens is 449 g/mol. The number of nitrogens with zero attached hydrogens (tertiary/aromatic N) is 4. The van der Waals surface area contributed by atoms with Crippen molar-refractivity contribution in [1.29, 1.82) is 0 Å². The lowest BCUT2D eigenvalue weighted by Crippen LogP contribution is -2.30. The Morgan fingerprint density at radius 3 is 2.21 bits per heavy atom. The van der Waals surface area contributed by atoms with Gasteiger partial charge in [0.1, 0.15) is 5.69 Å². The van der Waals surface area contributed by atoms with E-state index in [0.717, 1.165) is 44.5 Å². The predicted molar refractivity (Wildman–Crippen MR) is 120 cm³/mol. The van der Waals surface area contributed by atoms with Crippen molar-refractivity contribution in [3.05, 3.63) is 78.1 Å². The lowest BCUT2D eigenvalue weighted by molar-refractivity contribution is -0.137. The van der Waals surface area contributed by atoms with Crippen LogP contribution in [0.3, 0.4) is 0 Å². The molecule has 3 heterocycles. The van der Waals surface area contributed by atoms with Gasteiger partial charge in [-0.15, -0.1) is 0 Å². The Morgan fingerprint density at radius 2 is 1.65 bits per heavy atom. The number of hydrogen-bond acceptors (Lipinski definition) is 6. The van der Waals surface area contributed by atoms with Gasteiger partial charge in [-0.3, -0.25) is 19.6 Å². The third-order valence-electron chi connectivity index (χ3n) is 5.03. The summed E-state index contributed by atoms with van der Waals surface area (Å²) in [6.07, 6.45) is 5.76. The van der Waals surface area contributed by atoms with Crippen LogP contribution in [0.1, 0.15) is 45.7 Å². The second kappa shape index (κ2) is 11.2. The van der Waals surface area contributed by atoms with Gasteiger partial charge in [-0.2, -0.15) is 13.2 Å². The highest BCUT2D eigenvalue weighted by Gasteiger charge is 2.32. The summed E-state index contributed by atoms with van der Waals surface area (Å²) in [4.78, 5) is 35.8. The average molecular weight is 472 g/mol. The first kappa shape index (κ1) is 24.6. The molecule has 1 aromatic carbocycles. The first-order valence-corrected chi connectivity index (χ1v) is 10.5. The fraction of sp³-hybridized carbons (Fsp3) is 0.261. The standard InChI is InChI=1S/C18H18F3N3O.C5H5N3O/c19-18(20,21)14-4-5-16(24-10-2-1-3-11-24)15(12-14)23-17(25)13-6-8-22-9-7-13;6-5(9)4-3-7-1-2-8-4/h4-9,12H,1-3,10-11H2,(H,23,25);1-3H,(H2,6,9). The molecule has 178 valence electrons. The molecule has 1 aliphatic rings. The maximum atomic E-state index is 13.1. The Labute approximate surface area is 194 Å². The molecule has 34 heavy (non-hydrogen) atoms. The monoisotopic (exact) mass is 472 g/mol. The number of alkyl halides is 3. The highest BCUT2D eigenvalue weighted by molar-refractivity contribution is 6.06. The molecule has 3 aromatic rings. The molecule has 0 unspecified atom stereocenters. The molecule has 8 nitrogen and oxygen atoms in total. The molecule has 2 aromatic heterocycles. The third kappa shape index (κ3) is 6.74. The summed E-state index contributed by atoms with van der Waals surface area (Å²) in [6, 6.07) is 6.54. The number of halogens is 3. The van der Waals surface area contributed by atoms with E-state index in [9.17, 15) is 22.8 Å². The average Bonchev–Trinajstić information content (AvgIpc) is 2.85. The summed E-state index contributed by atoms with van der Waals surface area (Å²) >= 11 is 0. The summed E-state index contributed by atoms with van der Waals surface area (Å²) in [6.45, 7) is 1.53. The van der Waals surface area contributed by atoms with Crippen molar-refractivity contribution in [2.24, 2.45) is 5.73 Å². The molecular formula is C23H23F3N6O2. The SMILES string of the molecule is NC(=O)c1cnccn1.O=C(Nc1cc(C(F)(F)F)ccc1N1CCCCC1)c1ccncc1. The Bertz CT molecular complexity index is 1100. The van der Waals surface area contributed by atoms with E-state index < -0.39 is 23.6 Å². The van der Waals surface area contributed by atoms with Gasteiger partial charge in [0.2, 0.25) is 0 Å². The number of hydrogen-bond donors (Lipinski definition) is 2. The molecule has 3 N–H and O–H groups in total. The summed E-state index contributed by atoms with van der Waals surface area (Å²) in [7, 11) is 0. The minimum Gasteiger partial charge on any atom is -0.370 e. The van der Waals surface area contributed by atoms with E-state index in [1.54, 1.807) is 0 Å². The number of nitrogens with one attached hydrogen (secondary N) is 1. The fourth-order valence-electron chi connectivity index (χ4n) is 3.35. The van der Waals surface area contributed by atoms with Crippen molar-refractivity contribution in [3.8, 4) is 0 Å². The van der Waals surface area contributed by atoms with E-state index in [4.69, 9.17) is 5.73 Å². The summed E-state index contributed by atoms with van der Waals surface area (Å²) < 4.78 is 39.2. The largest absolute Gasteiger partial charge is 0.416 e. The fourth-order valence-corrected chi connectivity index (χ4v) is 3.35. The quantitative estimate of drug-likeness (QED) is 0.595. The molecule has 4 rings (SSSR count). The summed E-state index contributed by atoms with van der Waals surface area (Å²) in [5.41, 5.74) is 5.43. The number of piperidine rings is 1. The van der Waals surface area contributed by atoms with Gasteiger partial charge in [-0.25, -0.2) is 4.98 Å². The van der Waals surface area contributed by atoms with Gasteiger partial charge in [-0.1, -0.05) is 0 Å². The van der Waals surface area contributed by atoms with Gasteiger partial charge in [0.15, 0.2) is 0 Å². The van der Waals surface area contributed by atoms with E-state index in [0.29, 0.717) is 11.3 Å². The van der Waals surface area contributed by atoms with Gasteiger partial charge in [0, 0.05) is 43.4 Å². The van der Waals surface area contributed by atoms with Crippen LogP contribution in [0, 0.1) is 0 Å². The van der Waals surface area contributed by atoms with Crippen molar-refractivity contribution < 1.29 is 22.8 Å². The number of carbonyl (C=O) groups is 2. The number of amides is 2. The summed E-state index contributed by atoms with van der Waals surface area (Å²) in [5.74, 6) is -1.01. The molecule has 11 heteroatoms. The number of benzene rings is 1. The van der Waals surface area contributed by atoms with Gasteiger partial charge in [-0.05, 0) is 49.6 Å². The molecule has 1 saturated heterocycles. The minimum atomic E-state index is -4.46. The highest BCUT2D eigenvalue weighted by atomic mass is 19.4. The predicted octanol–water partition coefficient (Wildman–Crippen LogP) is 3.92. The maximum Gasteiger partial charge on any atom is 0.416 e. The van der Waals surface area contributed by atoms with E-state index in [1.807, 2.05) is 4.90 Å². The van der Waals surface area contributed by atoms with Crippen molar-refractivity contribution in [1.82, 2.24) is 15.0 Å². The Hall–Kier alpha value is -4.02. The van der Waals surface area contributed by atoms with E-state index in [1.165, 1.54) is 49.2 Å². The molecule has 0 bridgehead atoms. The van der Waals surface area contributed by atoms with Crippen LogP contribution in [-0.2, 0) is 6.18 Å². The molecule has 2 amide bonds. The Kier molecular flexibility index (Phi) is 8.12. The molecule has 0 saturated carbocycles. The van der Waals surface area contributed by atoms with Crippen LogP contribution in [0.25, 0.3) is 0 Å². The van der Waals surface area contributed by atoms with E-state index >= 15 is 0 Å². The van der Waals surface area contributed by atoms with Crippen LogP contribution >= 0.6 is 0 Å². The van der Waals surface area contributed by atoms with Crippen LogP contribution in [0.5, 0.6) is 0 Å². The van der Waals surface area contributed by atoms with Crippen LogP contribution in [0.15, 0.2) is 61.3 Å². The van der Waals surface area contributed by atoms with Crippen LogP contribution in [0.4, 0.5) is 24.5 Å². The van der Waals surface area contributed by atoms with Crippen molar-refractivity contribution in [2.45, 2.75) is 25.4 Å². The molecule has 0 aliphatic carbocycles. The number of aromatic nitrogens is 3. The zero-order chi connectivity index (χ0) is 24.6. The normalized spacial score (nSPS) is 13.4. The minimum absolute atomic E-state index is 0.179. The Balaban J connectivity index is 0.000000302. The molecule has 0 atom stereocenters. The number of primary amides is 1. The maximum absolute atomic E-state index is 13.1. The number of nitrogens with two attached hydrogens (primary N) is 1. The zero-order valence-electron chi connectivity index (χ0n) is 18.1. The van der Waals surface area contributed by atoms with Crippen LogP contribution in [0.2, 0.25) is 0 Å². The first-order chi connectivity index (χ1) is 16.3. The lowest BCUT2D eigenvalue weighted by Gasteiger charge is -2.31. The van der Waals surface area contributed by atoms with Crippen molar-refractivity contribution in [3.63, 3.8) is 0 Å². The first-order valence-electron chi connectivity index (χ1n) is 10.5. The smallest absolute Gasteiger partial charge is 0.370 e. The van der Waals surface area contributed by atoms with Gasteiger partial charge >= 0.3 is 6.18 Å². The molecule has 1 aliphatic heterocycles. The third-order valence-corrected chi connectivity index (χ3v) is 5.03. The number of anilines is 2. The van der Waals surface area contributed by atoms with E-state index in [2.05, 4.69) is 20.3 Å². The van der Waals surface area contributed by atoms with Gasteiger partial charge in [0.25, 0.3) is 11.8 Å². The van der Waals surface area contributed by atoms with Gasteiger partial charge < -0.3 is 16.0 Å². The number of carbonyl (C=O) groups excluding carboxylic acids is 2. The molecule has 0 spiro atoms.